The molecule has 0 aliphatic carbocycles. The third-order valence-corrected chi connectivity index (χ3v) is 7.22. The molecule has 3 aromatic carbocycles. The molecule has 2 aromatic heterocycles. The number of para-hydroxylation sites is 1. The molecule has 0 radical (unpaired) electrons. The van der Waals surface area contributed by atoms with Crippen LogP contribution in [-0.2, 0) is 5.41 Å². The Balaban J connectivity index is 1.48. The number of anilines is 1. The second-order valence-electron chi connectivity index (χ2n) is 10.2. The summed E-state index contributed by atoms with van der Waals surface area (Å²) in [6.45, 7) is 10.6. The Kier molecular flexibility index (Phi) is 6.19. The molecule has 180 valence electrons. The predicted molar refractivity (Wildman–Crippen MR) is 151 cm³/mol. The summed E-state index contributed by atoms with van der Waals surface area (Å²) in [5.41, 5.74) is 8.53. The van der Waals surface area contributed by atoms with Crippen LogP contribution >= 0.6 is 11.3 Å². The van der Waals surface area contributed by atoms with E-state index in [9.17, 15) is 4.79 Å². The van der Waals surface area contributed by atoms with E-state index in [1.54, 1.807) is 0 Å². The number of fused-ring (bicyclic) bond motifs is 1. The van der Waals surface area contributed by atoms with Crippen molar-refractivity contribution in [2.75, 3.05) is 5.32 Å². The Hall–Kier alpha value is -3.83. The van der Waals surface area contributed by atoms with E-state index in [0.29, 0.717) is 10.7 Å². The Labute approximate surface area is 216 Å². The minimum Gasteiger partial charge on any atom is -0.298 e. The average molecular weight is 492 g/mol. The fraction of sp³-hybridized carbons (Fsp3) is 0.194. The van der Waals surface area contributed by atoms with Crippen LogP contribution in [0.2, 0.25) is 0 Å². The summed E-state index contributed by atoms with van der Waals surface area (Å²) in [6.07, 6.45) is 0. The lowest BCUT2D eigenvalue weighted by Gasteiger charge is -2.18. The number of aromatic nitrogens is 2. The summed E-state index contributed by atoms with van der Waals surface area (Å²) >= 11 is 1.43. The quantitative estimate of drug-likeness (QED) is 0.276. The monoisotopic (exact) mass is 491 g/mol. The van der Waals surface area contributed by atoms with E-state index < -0.39 is 0 Å². The second kappa shape index (κ2) is 9.32. The predicted octanol–water partition coefficient (Wildman–Crippen LogP) is 8.19. The summed E-state index contributed by atoms with van der Waals surface area (Å²) in [4.78, 5) is 23.2. The molecule has 0 atom stereocenters. The molecular formula is C31H29N3OS. The molecule has 5 rings (SSSR count). The number of carbonyl (C=O) groups excluding carboxylic acids is 1. The molecule has 0 aliphatic heterocycles. The van der Waals surface area contributed by atoms with Gasteiger partial charge in [0.25, 0.3) is 5.91 Å². The van der Waals surface area contributed by atoms with E-state index in [4.69, 9.17) is 9.97 Å². The van der Waals surface area contributed by atoms with E-state index in [-0.39, 0.29) is 11.3 Å². The normalized spacial score (nSPS) is 11.6. The van der Waals surface area contributed by atoms with Crippen molar-refractivity contribution in [3.8, 4) is 22.5 Å². The van der Waals surface area contributed by atoms with Crippen molar-refractivity contribution < 1.29 is 4.79 Å². The fourth-order valence-corrected chi connectivity index (χ4v) is 5.07. The van der Waals surface area contributed by atoms with Crippen LogP contribution in [0.5, 0.6) is 0 Å². The Morgan fingerprint density at radius 3 is 2.19 bits per heavy atom. The number of nitrogens with one attached hydrogen (secondary N) is 1. The number of pyridine rings is 1. The highest BCUT2D eigenvalue weighted by atomic mass is 32.1. The molecule has 1 amide bonds. The van der Waals surface area contributed by atoms with E-state index in [0.717, 1.165) is 39.0 Å². The molecule has 2 heterocycles. The van der Waals surface area contributed by atoms with Gasteiger partial charge in [0.15, 0.2) is 5.13 Å². The summed E-state index contributed by atoms with van der Waals surface area (Å²) in [5.74, 6) is -0.177. The number of hydrogen-bond acceptors (Lipinski definition) is 4. The van der Waals surface area contributed by atoms with Gasteiger partial charge in [-0.05, 0) is 36.5 Å². The summed E-state index contributed by atoms with van der Waals surface area (Å²) < 4.78 is 0. The number of carbonyl (C=O) groups is 1. The minimum atomic E-state index is -0.177. The highest BCUT2D eigenvalue weighted by Gasteiger charge is 2.20. The van der Waals surface area contributed by atoms with Gasteiger partial charge in [-0.25, -0.2) is 9.97 Å². The maximum absolute atomic E-state index is 13.6. The zero-order chi connectivity index (χ0) is 25.4. The lowest BCUT2D eigenvalue weighted by atomic mass is 9.86. The van der Waals surface area contributed by atoms with Crippen molar-refractivity contribution in [3.05, 3.63) is 100 Å². The van der Waals surface area contributed by atoms with Crippen LogP contribution in [0.3, 0.4) is 0 Å². The number of hydrogen-bond donors (Lipinski definition) is 1. The van der Waals surface area contributed by atoms with E-state index >= 15 is 0 Å². The molecule has 0 fully saturated rings. The smallest absolute Gasteiger partial charge is 0.258 e. The molecule has 0 saturated carbocycles. The first-order valence-electron chi connectivity index (χ1n) is 12.0. The SMILES string of the molecule is Cc1ccc(-c2nc3ccccc3c(C(=O)Nc3nc(-c4ccc(C(C)(C)C)cc4)cs3)c2C)cc1. The van der Waals surface area contributed by atoms with Gasteiger partial charge < -0.3 is 0 Å². The molecule has 4 nitrogen and oxygen atoms in total. The second-order valence-corrected chi connectivity index (χ2v) is 11.0. The zero-order valence-corrected chi connectivity index (χ0v) is 22.0. The van der Waals surface area contributed by atoms with Crippen LogP contribution in [0, 0.1) is 13.8 Å². The van der Waals surface area contributed by atoms with Gasteiger partial charge in [0.2, 0.25) is 0 Å². The topological polar surface area (TPSA) is 54.9 Å². The number of amides is 1. The third-order valence-electron chi connectivity index (χ3n) is 6.46. The molecule has 0 saturated heterocycles. The molecule has 36 heavy (non-hydrogen) atoms. The van der Waals surface area contributed by atoms with Gasteiger partial charge in [-0.1, -0.05) is 93.1 Å². The van der Waals surface area contributed by atoms with Crippen molar-refractivity contribution in [2.45, 2.75) is 40.0 Å². The molecule has 0 unspecified atom stereocenters. The van der Waals surface area contributed by atoms with Gasteiger partial charge in [-0.3, -0.25) is 10.1 Å². The number of thiazole rings is 1. The lowest BCUT2D eigenvalue weighted by molar-refractivity contribution is 0.102. The molecule has 0 bridgehead atoms. The molecule has 5 heteroatoms. The lowest BCUT2D eigenvalue weighted by Crippen LogP contribution is -2.15. The highest BCUT2D eigenvalue weighted by Crippen LogP contribution is 2.32. The first-order valence-corrected chi connectivity index (χ1v) is 12.9. The zero-order valence-electron chi connectivity index (χ0n) is 21.2. The maximum Gasteiger partial charge on any atom is 0.258 e. The third kappa shape index (κ3) is 4.67. The van der Waals surface area contributed by atoms with Crippen molar-refractivity contribution >= 4 is 33.3 Å². The van der Waals surface area contributed by atoms with Crippen LogP contribution in [-0.4, -0.2) is 15.9 Å². The van der Waals surface area contributed by atoms with Crippen LogP contribution in [0.4, 0.5) is 5.13 Å². The van der Waals surface area contributed by atoms with E-state index in [2.05, 4.69) is 81.5 Å². The van der Waals surface area contributed by atoms with Crippen LogP contribution in [0.1, 0.15) is 47.8 Å². The van der Waals surface area contributed by atoms with Crippen LogP contribution < -0.4 is 5.32 Å². The summed E-state index contributed by atoms with van der Waals surface area (Å²) in [5, 5.41) is 6.44. The highest BCUT2D eigenvalue weighted by molar-refractivity contribution is 7.14. The van der Waals surface area contributed by atoms with Crippen LogP contribution in [0.25, 0.3) is 33.4 Å². The van der Waals surface area contributed by atoms with Crippen molar-refractivity contribution in [1.29, 1.82) is 0 Å². The molecule has 5 aromatic rings. The van der Waals surface area contributed by atoms with Gasteiger partial charge in [-0.2, -0.15) is 0 Å². The van der Waals surface area contributed by atoms with Crippen molar-refractivity contribution in [1.82, 2.24) is 9.97 Å². The number of rotatable bonds is 4. The van der Waals surface area contributed by atoms with Gasteiger partial charge in [0, 0.05) is 21.9 Å². The largest absolute Gasteiger partial charge is 0.298 e. The average Bonchev–Trinajstić information content (AvgIpc) is 3.32. The van der Waals surface area contributed by atoms with Crippen LogP contribution in [0.15, 0.2) is 78.2 Å². The fourth-order valence-electron chi connectivity index (χ4n) is 4.36. The number of nitrogens with zero attached hydrogens (tertiary/aromatic N) is 2. The Morgan fingerprint density at radius 2 is 1.50 bits per heavy atom. The number of aryl methyl sites for hydroxylation is 1. The van der Waals surface area contributed by atoms with E-state index in [1.807, 2.05) is 36.6 Å². The standard InChI is InChI=1S/C31H29N3OS/c1-19-10-12-22(13-11-19)28-20(2)27(24-8-6-7-9-25(24)32-28)29(35)34-30-33-26(18-36-30)21-14-16-23(17-15-21)31(3,4)5/h6-18H,1-5H3,(H,33,34,35). The molecular weight excluding hydrogens is 462 g/mol. The van der Waals surface area contributed by atoms with E-state index in [1.165, 1.54) is 22.5 Å². The summed E-state index contributed by atoms with van der Waals surface area (Å²) in [7, 11) is 0. The van der Waals surface area contributed by atoms with Crippen molar-refractivity contribution in [3.63, 3.8) is 0 Å². The minimum absolute atomic E-state index is 0.0996. The Bertz CT molecular complexity index is 1560. The molecule has 0 aliphatic rings. The van der Waals surface area contributed by atoms with Gasteiger partial charge in [-0.15, -0.1) is 11.3 Å². The molecule has 0 spiro atoms. The first kappa shape index (κ1) is 23.9. The molecule has 1 N–H and O–H groups in total. The van der Waals surface area contributed by atoms with Gasteiger partial charge >= 0.3 is 0 Å². The number of benzene rings is 3. The van der Waals surface area contributed by atoms with Gasteiger partial charge in [0.05, 0.1) is 22.5 Å². The van der Waals surface area contributed by atoms with Gasteiger partial charge in [0.1, 0.15) is 0 Å². The maximum atomic E-state index is 13.6. The Morgan fingerprint density at radius 1 is 0.833 bits per heavy atom. The first-order chi connectivity index (χ1) is 17.2. The summed E-state index contributed by atoms with van der Waals surface area (Å²) in [6, 6.07) is 24.5. The van der Waals surface area contributed by atoms with Crippen molar-refractivity contribution in [2.24, 2.45) is 0 Å².